The Morgan fingerprint density at radius 1 is 1.38 bits per heavy atom. The second-order valence-corrected chi connectivity index (χ2v) is 4.30. The first-order valence-electron chi connectivity index (χ1n) is 5.29. The van der Waals surface area contributed by atoms with Crippen LogP contribution < -0.4 is 4.74 Å². The van der Waals surface area contributed by atoms with Crippen molar-refractivity contribution in [1.29, 1.82) is 0 Å². The van der Waals surface area contributed by atoms with E-state index in [1.165, 1.54) is 11.1 Å². The van der Waals surface area contributed by atoms with Crippen molar-refractivity contribution >= 4 is 0 Å². The van der Waals surface area contributed by atoms with Gasteiger partial charge < -0.3 is 9.84 Å². The van der Waals surface area contributed by atoms with Gasteiger partial charge in [-0.3, -0.25) is 0 Å². The molecule has 0 aliphatic heterocycles. The van der Waals surface area contributed by atoms with Gasteiger partial charge in [0.1, 0.15) is 6.61 Å². The number of ether oxygens (including phenoxy) is 1. The largest absolute Gasteiger partial charge is 0.516 e. The maximum absolute atomic E-state index is 9.77. The molecule has 0 saturated carbocycles. The first kappa shape index (κ1) is 15.7. The maximum atomic E-state index is 9.77. The molecule has 0 aliphatic carbocycles. The zero-order valence-corrected chi connectivity index (χ0v) is 13.3. The molecule has 1 N–H and O–H groups in total. The Hall–Kier alpha value is -0.332. The molecule has 0 aromatic heterocycles. The van der Waals surface area contributed by atoms with Gasteiger partial charge in [-0.2, -0.15) is 17.2 Å². The SMILES string of the molecule is CCC(C)(O)COc1[c-]cc(C)c(C)c1.[W]. The van der Waals surface area contributed by atoms with Crippen LogP contribution in [-0.4, -0.2) is 17.3 Å². The monoisotopic (exact) mass is 391 g/mol. The van der Waals surface area contributed by atoms with Crippen LogP contribution in [0.25, 0.3) is 0 Å². The van der Waals surface area contributed by atoms with E-state index in [1.54, 1.807) is 6.92 Å². The summed E-state index contributed by atoms with van der Waals surface area (Å²) in [5, 5.41) is 9.77. The minimum atomic E-state index is -0.757. The van der Waals surface area contributed by atoms with E-state index in [0.29, 0.717) is 18.8 Å². The van der Waals surface area contributed by atoms with Crippen LogP contribution in [0, 0.1) is 19.9 Å². The zero-order valence-electron chi connectivity index (χ0n) is 10.3. The molecule has 0 aliphatic rings. The van der Waals surface area contributed by atoms with Crippen molar-refractivity contribution in [2.24, 2.45) is 0 Å². The summed E-state index contributed by atoms with van der Waals surface area (Å²) in [6.45, 7) is 8.09. The van der Waals surface area contributed by atoms with Crippen molar-refractivity contribution in [1.82, 2.24) is 0 Å². The van der Waals surface area contributed by atoms with Crippen LogP contribution in [-0.2, 0) is 21.1 Å². The third kappa shape index (κ3) is 4.67. The van der Waals surface area contributed by atoms with Gasteiger partial charge in [0.2, 0.25) is 0 Å². The van der Waals surface area contributed by atoms with Gasteiger partial charge in [-0.1, -0.05) is 20.8 Å². The summed E-state index contributed by atoms with van der Waals surface area (Å²) in [5.74, 6) is 0.701. The summed E-state index contributed by atoms with van der Waals surface area (Å²) in [6.07, 6.45) is 0.678. The smallest absolute Gasteiger partial charge is 0.113 e. The minimum Gasteiger partial charge on any atom is -0.516 e. The van der Waals surface area contributed by atoms with Crippen LogP contribution in [0.2, 0.25) is 0 Å². The Morgan fingerprint density at radius 3 is 2.50 bits per heavy atom. The van der Waals surface area contributed by atoms with Crippen molar-refractivity contribution < 1.29 is 30.9 Å². The van der Waals surface area contributed by atoms with Gasteiger partial charge in [0, 0.05) is 26.8 Å². The molecule has 1 aromatic carbocycles. The molecule has 90 valence electrons. The number of benzene rings is 1. The Kier molecular flexibility index (Phi) is 6.28. The molecule has 0 bridgehead atoms. The molecule has 0 spiro atoms. The summed E-state index contributed by atoms with van der Waals surface area (Å²) in [5.41, 5.74) is 1.62. The molecule has 2 nitrogen and oxygen atoms in total. The van der Waals surface area contributed by atoms with Gasteiger partial charge in [0.25, 0.3) is 0 Å². The van der Waals surface area contributed by atoms with Gasteiger partial charge in [0.05, 0.1) is 5.60 Å². The normalized spacial score (nSPS) is 13.8. The maximum Gasteiger partial charge on any atom is 0.113 e. The van der Waals surface area contributed by atoms with Crippen LogP contribution in [0.4, 0.5) is 0 Å². The molecule has 0 heterocycles. The third-order valence-electron chi connectivity index (χ3n) is 2.70. The second-order valence-electron chi connectivity index (χ2n) is 4.30. The molecule has 1 unspecified atom stereocenters. The molecule has 0 fully saturated rings. The van der Waals surface area contributed by atoms with E-state index >= 15 is 0 Å². The molecule has 0 radical (unpaired) electrons. The Balaban J connectivity index is 0.00000225. The van der Waals surface area contributed by atoms with E-state index in [-0.39, 0.29) is 21.1 Å². The van der Waals surface area contributed by atoms with Crippen molar-refractivity contribution in [2.75, 3.05) is 6.61 Å². The number of aliphatic hydroxyl groups is 1. The zero-order chi connectivity index (χ0) is 11.5. The molecule has 0 amide bonds. The number of hydrogen-bond acceptors (Lipinski definition) is 2. The second kappa shape index (κ2) is 6.42. The van der Waals surface area contributed by atoms with Crippen LogP contribution in [0.15, 0.2) is 12.1 Å². The minimum absolute atomic E-state index is 0. The Bertz CT molecular complexity index is 335. The van der Waals surface area contributed by atoms with E-state index in [1.807, 2.05) is 32.9 Å². The molecule has 1 aromatic rings. The van der Waals surface area contributed by atoms with Crippen molar-refractivity contribution in [2.45, 2.75) is 39.7 Å². The quantitative estimate of drug-likeness (QED) is 0.800. The van der Waals surface area contributed by atoms with E-state index in [9.17, 15) is 5.11 Å². The van der Waals surface area contributed by atoms with Gasteiger partial charge in [0.15, 0.2) is 0 Å². The average Bonchev–Trinajstić information content (AvgIpc) is 2.20. The van der Waals surface area contributed by atoms with Crippen molar-refractivity contribution in [3.8, 4) is 5.75 Å². The van der Waals surface area contributed by atoms with Crippen molar-refractivity contribution in [3.05, 3.63) is 29.3 Å². The summed E-state index contributed by atoms with van der Waals surface area (Å²) in [4.78, 5) is 0. The topological polar surface area (TPSA) is 29.5 Å². The average molecular weight is 391 g/mol. The predicted molar refractivity (Wildman–Crippen MR) is 61.2 cm³/mol. The van der Waals surface area contributed by atoms with Crippen LogP contribution in [0.1, 0.15) is 31.4 Å². The van der Waals surface area contributed by atoms with E-state index < -0.39 is 5.60 Å². The molecule has 1 atom stereocenters. The Morgan fingerprint density at radius 2 is 2.00 bits per heavy atom. The van der Waals surface area contributed by atoms with Gasteiger partial charge >= 0.3 is 0 Å². The van der Waals surface area contributed by atoms with E-state index in [4.69, 9.17) is 4.74 Å². The molecular weight excluding hydrogens is 372 g/mol. The summed E-state index contributed by atoms with van der Waals surface area (Å²) >= 11 is 0. The van der Waals surface area contributed by atoms with Gasteiger partial charge in [-0.05, 0) is 13.3 Å². The summed E-state index contributed by atoms with van der Waals surface area (Å²) in [6, 6.07) is 6.89. The molecule has 16 heavy (non-hydrogen) atoms. The molecule has 1 rings (SSSR count). The van der Waals surface area contributed by atoms with Crippen molar-refractivity contribution in [3.63, 3.8) is 0 Å². The molecule has 0 saturated heterocycles. The fourth-order valence-corrected chi connectivity index (χ4v) is 1.06. The standard InChI is InChI=1S/C13H19O2.W/c1-5-13(4,14)9-15-12-7-6-10(2)11(3)8-12;/h6,8,14H,5,9H2,1-4H3;/q-1;. The summed E-state index contributed by atoms with van der Waals surface area (Å²) in [7, 11) is 0. The number of hydrogen-bond donors (Lipinski definition) is 1. The van der Waals surface area contributed by atoms with E-state index in [0.717, 1.165) is 0 Å². The van der Waals surface area contributed by atoms with Crippen LogP contribution >= 0.6 is 0 Å². The number of rotatable bonds is 4. The van der Waals surface area contributed by atoms with Crippen LogP contribution in [0.3, 0.4) is 0 Å². The van der Waals surface area contributed by atoms with Gasteiger partial charge in [-0.25, -0.2) is 0 Å². The number of aryl methyl sites for hydroxylation is 2. The van der Waals surface area contributed by atoms with Crippen LogP contribution in [0.5, 0.6) is 5.75 Å². The van der Waals surface area contributed by atoms with E-state index in [2.05, 4.69) is 6.07 Å². The predicted octanol–water partition coefficient (Wildman–Crippen LogP) is 2.64. The third-order valence-corrected chi connectivity index (χ3v) is 2.70. The molecule has 3 heteroatoms. The molecular formula is C13H19O2W-. The van der Waals surface area contributed by atoms with Gasteiger partial charge in [-0.15, -0.1) is 12.1 Å². The first-order valence-corrected chi connectivity index (χ1v) is 5.29. The fourth-order valence-electron chi connectivity index (χ4n) is 1.06. The first-order chi connectivity index (χ1) is 6.94. The fraction of sp³-hybridized carbons (Fsp3) is 0.538. The summed E-state index contributed by atoms with van der Waals surface area (Å²) < 4.78 is 5.49. The Labute approximate surface area is 112 Å².